The molecule has 0 aliphatic heterocycles. The SMILES string of the molecule is Cc1cc(F)cc(C(O)C(C)C)c1. The van der Waals surface area contributed by atoms with E-state index < -0.39 is 6.10 Å². The third kappa shape index (κ3) is 2.52. The first-order valence-electron chi connectivity index (χ1n) is 4.46. The molecule has 1 aromatic rings. The third-order valence-electron chi connectivity index (χ3n) is 2.04. The van der Waals surface area contributed by atoms with Crippen LogP contribution in [0.5, 0.6) is 0 Å². The number of rotatable bonds is 2. The van der Waals surface area contributed by atoms with Crippen LogP contribution in [-0.2, 0) is 0 Å². The second-order valence-electron chi connectivity index (χ2n) is 3.75. The van der Waals surface area contributed by atoms with Gasteiger partial charge in [0.1, 0.15) is 5.82 Å². The van der Waals surface area contributed by atoms with Gasteiger partial charge in [-0.05, 0) is 36.1 Å². The highest BCUT2D eigenvalue weighted by Crippen LogP contribution is 2.22. The number of halogens is 1. The van der Waals surface area contributed by atoms with Gasteiger partial charge in [-0.3, -0.25) is 0 Å². The molecule has 0 bridgehead atoms. The Labute approximate surface area is 78.2 Å². The number of aryl methyl sites for hydroxylation is 1. The zero-order valence-electron chi connectivity index (χ0n) is 8.21. The molecular weight excluding hydrogens is 167 g/mol. The largest absolute Gasteiger partial charge is 0.388 e. The molecule has 1 aromatic carbocycles. The molecule has 1 N–H and O–H groups in total. The molecule has 0 saturated carbocycles. The Balaban J connectivity index is 3.01. The van der Waals surface area contributed by atoms with Crippen molar-refractivity contribution >= 4 is 0 Å². The second-order valence-corrected chi connectivity index (χ2v) is 3.75. The van der Waals surface area contributed by atoms with Crippen LogP contribution in [0.3, 0.4) is 0 Å². The van der Waals surface area contributed by atoms with Gasteiger partial charge < -0.3 is 5.11 Å². The predicted molar refractivity (Wildman–Crippen MR) is 50.9 cm³/mol. The lowest BCUT2D eigenvalue weighted by molar-refractivity contribution is 0.126. The molecule has 0 radical (unpaired) electrons. The van der Waals surface area contributed by atoms with Crippen LogP contribution in [0.2, 0.25) is 0 Å². The van der Waals surface area contributed by atoms with E-state index in [9.17, 15) is 9.50 Å². The van der Waals surface area contributed by atoms with Gasteiger partial charge in [0.05, 0.1) is 6.10 Å². The molecule has 1 unspecified atom stereocenters. The minimum atomic E-state index is -0.575. The Morgan fingerprint density at radius 3 is 2.31 bits per heavy atom. The summed E-state index contributed by atoms with van der Waals surface area (Å²) in [6.45, 7) is 5.63. The lowest BCUT2D eigenvalue weighted by Crippen LogP contribution is -2.05. The minimum absolute atomic E-state index is 0.112. The van der Waals surface area contributed by atoms with Crippen molar-refractivity contribution in [2.24, 2.45) is 5.92 Å². The van der Waals surface area contributed by atoms with Crippen molar-refractivity contribution in [3.63, 3.8) is 0 Å². The van der Waals surface area contributed by atoms with Gasteiger partial charge in [0.15, 0.2) is 0 Å². The first kappa shape index (κ1) is 10.2. The highest BCUT2D eigenvalue weighted by molar-refractivity contribution is 5.25. The van der Waals surface area contributed by atoms with E-state index in [1.54, 1.807) is 0 Å². The van der Waals surface area contributed by atoms with Crippen LogP contribution in [0.25, 0.3) is 0 Å². The number of aliphatic hydroxyl groups is 1. The summed E-state index contributed by atoms with van der Waals surface area (Å²) >= 11 is 0. The summed E-state index contributed by atoms with van der Waals surface area (Å²) in [5.74, 6) is -0.170. The first-order valence-corrected chi connectivity index (χ1v) is 4.46. The van der Waals surface area contributed by atoms with Gasteiger partial charge in [0.2, 0.25) is 0 Å². The van der Waals surface area contributed by atoms with E-state index in [4.69, 9.17) is 0 Å². The average molecular weight is 182 g/mol. The fraction of sp³-hybridized carbons (Fsp3) is 0.455. The summed E-state index contributed by atoms with van der Waals surface area (Å²) < 4.78 is 12.9. The number of hydrogen-bond acceptors (Lipinski definition) is 1. The molecule has 0 aliphatic rings. The summed E-state index contributed by atoms with van der Waals surface area (Å²) in [4.78, 5) is 0. The van der Waals surface area contributed by atoms with Gasteiger partial charge in [-0.25, -0.2) is 4.39 Å². The van der Waals surface area contributed by atoms with Crippen molar-refractivity contribution in [1.29, 1.82) is 0 Å². The maximum absolute atomic E-state index is 12.9. The van der Waals surface area contributed by atoms with Crippen LogP contribution in [0.4, 0.5) is 4.39 Å². The van der Waals surface area contributed by atoms with E-state index >= 15 is 0 Å². The Morgan fingerprint density at radius 2 is 1.85 bits per heavy atom. The van der Waals surface area contributed by atoms with Crippen molar-refractivity contribution in [3.8, 4) is 0 Å². The summed E-state index contributed by atoms with van der Waals surface area (Å²) in [6, 6.07) is 4.65. The van der Waals surface area contributed by atoms with Gasteiger partial charge in [-0.2, -0.15) is 0 Å². The van der Waals surface area contributed by atoms with Crippen LogP contribution in [-0.4, -0.2) is 5.11 Å². The van der Waals surface area contributed by atoms with Crippen LogP contribution in [0.1, 0.15) is 31.1 Å². The number of aliphatic hydroxyl groups excluding tert-OH is 1. The normalized spacial score (nSPS) is 13.4. The predicted octanol–water partition coefficient (Wildman–Crippen LogP) is 2.82. The first-order chi connectivity index (χ1) is 6.00. The summed E-state index contributed by atoms with van der Waals surface area (Å²) in [6.07, 6.45) is -0.575. The van der Waals surface area contributed by atoms with Crippen molar-refractivity contribution in [3.05, 3.63) is 35.1 Å². The zero-order chi connectivity index (χ0) is 10.0. The summed E-state index contributed by atoms with van der Waals surface area (Å²) in [5.41, 5.74) is 1.50. The molecule has 72 valence electrons. The van der Waals surface area contributed by atoms with E-state index in [1.807, 2.05) is 26.8 Å². The van der Waals surface area contributed by atoms with E-state index in [0.717, 1.165) is 5.56 Å². The number of hydrogen-bond donors (Lipinski definition) is 1. The molecule has 0 aliphatic carbocycles. The Bertz CT molecular complexity index is 274. The molecule has 0 aromatic heterocycles. The maximum atomic E-state index is 12.9. The highest BCUT2D eigenvalue weighted by atomic mass is 19.1. The number of benzene rings is 1. The van der Waals surface area contributed by atoms with E-state index in [0.29, 0.717) is 5.56 Å². The van der Waals surface area contributed by atoms with Crippen LogP contribution in [0, 0.1) is 18.7 Å². The van der Waals surface area contributed by atoms with Crippen LogP contribution >= 0.6 is 0 Å². The van der Waals surface area contributed by atoms with Gasteiger partial charge >= 0.3 is 0 Å². The lowest BCUT2D eigenvalue weighted by atomic mass is 9.98. The molecule has 0 saturated heterocycles. The Morgan fingerprint density at radius 1 is 1.23 bits per heavy atom. The molecule has 1 rings (SSSR count). The molecule has 1 nitrogen and oxygen atoms in total. The van der Waals surface area contributed by atoms with Gasteiger partial charge in [0.25, 0.3) is 0 Å². The van der Waals surface area contributed by atoms with Gasteiger partial charge in [-0.1, -0.05) is 19.9 Å². The summed E-state index contributed by atoms with van der Waals surface area (Å²) in [7, 11) is 0. The van der Waals surface area contributed by atoms with Crippen LogP contribution in [0.15, 0.2) is 18.2 Å². The average Bonchev–Trinajstić information content (AvgIpc) is 2.01. The van der Waals surface area contributed by atoms with Crippen molar-refractivity contribution in [1.82, 2.24) is 0 Å². The smallest absolute Gasteiger partial charge is 0.123 e. The Hall–Kier alpha value is -0.890. The standard InChI is InChI=1S/C11H15FO/c1-7(2)11(13)9-4-8(3)5-10(12)6-9/h4-7,11,13H,1-3H3. The van der Waals surface area contributed by atoms with Crippen molar-refractivity contribution in [2.45, 2.75) is 26.9 Å². The maximum Gasteiger partial charge on any atom is 0.123 e. The topological polar surface area (TPSA) is 20.2 Å². The molecule has 0 amide bonds. The minimum Gasteiger partial charge on any atom is -0.388 e. The molecule has 0 heterocycles. The monoisotopic (exact) mass is 182 g/mol. The fourth-order valence-electron chi connectivity index (χ4n) is 1.32. The van der Waals surface area contributed by atoms with Crippen LogP contribution < -0.4 is 0 Å². The van der Waals surface area contributed by atoms with Crippen molar-refractivity contribution < 1.29 is 9.50 Å². The molecule has 0 fully saturated rings. The van der Waals surface area contributed by atoms with E-state index in [-0.39, 0.29) is 11.7 Å². The molecular formula is C11H15FO. The second kappa shape index (κ2) is 3.88. The molecule has 2 heteroatoms. The molecule has 0 spiro atoms. The Kier molecular flexibility index (Phi) is 3.04. The fourth-order valence-corrected chi connectivity index (χ4v) is 1.32. The van der Waals surface area contributed by atoms with Gasteiger partial charge in [-0.15, -0.1) is 0 Å². The van der Waals surface area contributed by atoms with E-state index in [2.05, 4.69) is 0 Å². The third-order valence-corrected chi connectivity index (χ3v) is 2.04. The quantitative estimate of drug-likeness (QED) is 0.745. The lowest BCUT2D eigenvalue weighted by Gasteiger charge is -2.15. The van der Waals surface area contributed by atoms with Crippen molar-refractivity contribution in [2.75, 3.05) is 0 Å². The molecule has 1 atom stereocenters. The molecule has 13 heavy (non-hydrogen) atoms. The summed E-state index contributed by atoms with van der Waals surface area (Å²) in [5, 5.41) is 9.68. The zero-order valence-corrected chi connectivity index (χ0v) is 8.21. The van der Waals surface area contributed by atoms with Gasteiger partial charge in [0, 0.05) is 0 Å². The van der Waals surface area contributed by atoms with E-state index in [1.165, 1.54) is 12.1 Å². The highest BCUT2D eigenvalue weighted by Gasteiger charge is 2.12.